The zero-order valence-corrected chi connectivity index (χ0v) is 28.0. The molecule has 6 aromatic carbocycles. The van der Waals surface area contributed by atoms with Crippen LogP contribution in [0.25, 0.3) is 0 Å². The number of nitrogens with two attached hydrogens (primary N) is 1. The maximum Gasteiger partial charge on any atom is 0.337 e. The SMILES string of the molecule is Nc1ccc(C(=O)Nc2cc(Oc3ccccc3)ccc2C(=O)O)cc1.O=C(Nc1cc(Oc2ccccc2)ccc1C(=O)O)c1ccc([N+](=O)[O-])cc1. The molecule has 0 bridgehead atoms. The van der Waals surface area contributed by atoms with E-state index >= 15 is 0 Å². The monoisotopic (exact) mass is 726 g/mol. The number of carboxylic acid groups (broad SMARTS) is 2. The molecule has 2 amide bonds. The average Bonchev–Trinajstić information content (AvgIpc) is 3.16. The van der Waals surface area contributed by atoms with E-state index < -0.39 is 28.7 Å². The van der Waals surface area contributed by atoms with Gasteiger partial charge in [0, 0.05) is 41.1 Å². The van der Waals surface area contributed by atoms with E-state index in [1.165, 1.54) is 60.7 Å². The minimum atomic E-state index is -1.22. The Labute approximate surface area is 307 Å². The van der Waals surface area contributed by atoms with E-state index in [0.29, 0.717) is 34.2 Å². The van der Waals surface area contributed by atoms with Crippen molar-refractivity contribution in [2.75, 3.05) is 16.4 Å². The largest absolute Gasteiger partial charge is 0.478 e. The summed E-state index contributed by atoms with van der Waals surface area (Å²) in [6.45, 7) is 0. The number of aromatic carboxylic acids is 2. The second-order valence-electron chi connectivity index (χ2n) is 11.2. The van der Waals surface area contributed by atoms with Crippen LogP contribution in [0.3, 0.4) is 0 Å². The van der Waals surface area contributed by atoms with Gasteiger partial charge in [0.15, 0.2) is 0 Å². The highest BCUT2D eigenvalue weighted by molar-refractivity contribution is 6.09. The Morgan fingerprint density at radius 3 is 1.30 bits per heavy atom. The van der Waals surface area contributed by atoms with E-state index in [9.17, 15) is 39.5 Å². The quantitative estimate of drug-likeness (QED) is 0.0485. The number of anilines is 3. The first-order chi connectivity index (χ1) is 26.0. The third-order valence-corrected chi connectivity index (χ3v) is 7.41. The third-order valence-electron chi connectivity index (χ3n) is 7.41. The molecule has 14 nitrogen and oxygen atoms in total. The van der Waals surface area contributed by atoms with E-state index in [-0.39, 0.29) is 33.8 Å². The summed E-state index contributed by atoms with van der Waals surface area (Å²) in [6.07, 6.45) is 0. The number of carbonyl (C=O) groups is 4. The van der Waals surface area contributed by atoms with E-state index in [1.807, 2.05) is 24.3 Å². The number of nitro benzene ring substituents is 1. The first-order valence-corrected chi connectivity index (χ1v) is 15.9. The standard InChI is InChI=1S/C20H14N2O6.C20H16N2O4/c23-19(13-6-8-14(9-7-13)22(26)27)21-18-12-16(10-11-17(18)20(24)25)28-15-4-2-1-3-5-15;21-14-8-6-13(7-9-14)19(23)22-18-12-16(10-11-17(18)20(24)25)26-15-4-2-1-3-5-15/h1-12H,(H,21,23)(H,24,25);1-12H,21H2,(H,22,23)(H,24,25). The molecule has 0 spiro atoms. The van der Waals surface area contributed by atoms with E-state index in [0.717, 1.165) is 0 Å². The maximum atomic E-state index is 12.4. The molecular formula is C40H30N4O10. The molecular weight excluding hydrogens is 696 g/mol. The Morgan fingerprint density at radius 2 is 0.926 bits per heavy atom. The van der Waals surface area contributed by atoms with Crippen LogP contribution < -0.4 is 25.8 Å². The van der Waals surface area contributed by atoms with Crippen molar-refractivity contribution >= 4 is 46.5 Å². The number of carboxylic acids is 2. The van der Waals surface area contributed by atoms with Gasteiger partial charge in [-0.2, -0.15) is 0 Å². The molecule has 0 aromatic heterocycles. The Balaban J connectivity index is 0.000000208. The molecule has 6 aromatic rings. The fraction of sp³-hybridized carbons (Fsp3) is 0. The van der Waals surface area contributed by atoms with Crippen molar-refractivity contribution < 1.29 is 43.8 Å². The number of para-hydroxylation sites is 2. The summed E-state index contributed by atoms with van der Waals surface area (Å²) >= 11 is 0. The number of carbonyl (C=O) groups excluding carboxylic acids is 2. The summed E-state index contributed by atoms with van der Waals surface area (Å²) in [4.78, 5) is 57.8. The van der Waals surface area contributed by atoms with Gasteiger partial charge in [0.25, 0.3) is 17.5 Å². The lowest BCUT2D eigenvalue weighted by molar-refractivity contribution is -0.384. The Kier molecular flexibility index (Phi) is 11.9. The second-order valence-corrected chi connectivity index (χ2v) is 11.2. The predicted octanol–water partition coefficient (Wildman–Crippen LogP) is 8.35. The van der Waals surface area contributed by atoms with Crippen LogP contribution >= 0.6 is 0 Å². The number of amides is 2. The van der Waals surface area contributed by atoms with Crippen LogP contribution in [0.1, 0.15) is 41.4 Å². The fourth-order valence-corrected chi connectivity index (χ4v) is 4.76. The van der Waals surface area contributed by atoms with E-state index in [4.69, 9.17) is 15.2 Å². The van der Waals surface area contributed by atoms with E-state index in [2.05, 4.69) is 10.6 Å². The smallest absolute Gasteiger partial charge is 0.337 e. The molecule has 0 aliphatic rings. The summed E-state index contributed by atoms with van der Waals surface area (Å²) in [6, 6.07) is 37.9. The molecule has 0 unspecified atom stereocenters. The van der Waals surface area contributed by atoms with E-state index in [1.54, 1.807) is 60.7 Å². The van der Waals surface area contributed by atoms with Crippen molar-refractivity contribution in [1.29, 1.82) is 0 Å². The zero-order valence-electron chi connectivity index (χ0n) is 28.0. The molecule has 0 aliphatic carbocycles. The van der Waals surface area contributed by atoms with Crippen LogP contribution in [-0.2, 0) is 0 Å². The minimum absolute atomic E-state index is 0.0331. The summed E-state index contributed by atoms with van der Waals surface area (Å²) in [7, 11) is 0. The third kappa shape index (κ3) is 10.0. The number of nitro groups is 1. The number of nitrogens with zero attached hydrogens (tertiary/aromatic N) is 1. The lowest BCUT2D eigenvalue weighted by Crippen LogP contribution is -2.15. The summed E-state index contributed by atoms with van der Waals surface area (Å²) in [5.74, 6) is -1.50. The molecule has 6 N–H and O–H groups in total. The number of benzene rings is 6. The average molecular weight is 727 g/mol. The van der Waals surface area contributed by atoms with Gasteiger partial charge in [-0.05, 0) is 84.9 Å². The molecule has 0 aliphatic heterocycles. The van der Waals surface area contributed by atoms with Crippen LogP contribution in [0.5, 0.6) is 23.0 Å². The van der Waals surface area contributed by atoms with Gasteiger partial charge in [-0.25, -0.2) is 9.59 Å². The van der Waals surface area contributed by atoms with Crippen molar-refractivity contribution in [2.45, 2.75) is 0 Å². The van der Waals surface area contributed by atoms with Gasteiger partial charge in [-0.15, -0.1) is 0 Å². The summed E-state index contributed by atoms with van der Waals surface area (Å²) in [5, 5.41) is 34.6. The summed E-state index contributed by atoms with van der Waals surface area (Å²) < 4.78 is 11.4. The first kappa shape index (κ1) is 37.3. The van der Waals surface area contributed by atoms with Crippen LogP contribution in [0, 0.1) is 10.1 Å². The molecule has 0 saturated carbocycles. The molecule has 270 valence electrons. The number of nitrogen functional groups attached to an aromatic ring is 1. The zero-order chi connectivity index (χ0) is 38.6. The molecule has 0 atom stereocenters. The lowest BCUT2D eigenvalue weighted by Gasteiger charge is -2.12. The number of hydrogen-bond donors (Lipinski definition) is 5. The lowest BCUT2D eigenvalue weighted by atomic mass is 10.1. The van der Waals surface area contributed by atoms with Crippen molar-refractivity contribution in [3.63, 3.8) is 0 Å². The molecule has 14 heteroatoms. The fourth-order valence-electron chi connectivity index (χ4n) is 4.76. The van der Waals surface area contributed by atoms with Crippen molar-refractivity contribution in [1.82, 2.24) is 0 Å². The molecule has 0 radical (unpaired) electrons. The molecule has 0 saturated heterocycles. The topological polar surface area (TPSA) is 220 Å². The van der Waals surface area contributed by atoms with Gasteiger partial charge in [0.1, 0.15) is 23.0 Å². The first-order valence-electron chi connectivity index (χ1n) is 15.9. The summed E-state index contributed by atoms with van der Waals surface area (Å²) in [5.41, 5.74) is 6.55. The van der Waals surface area contributed by atoms with Gasteiger partial charge in [0.2, 0.25) is 0 Å². The number of hydrogen-bond acceptors (Lipinski definition) is 9. The van der Waals surface area contributed by atoms with Crippen molar-refractivity contribution in [3.8, 4) is 23.0 Å². The van der Waals surface area contributed by atoms with Crippen LogP contribution in [0.15, 0.2) is 146 Å². The van der Waals surface area contributed by atoms with Gasteiger partial charge >= 0.3 is 11.9 Å². The Hall–Kier alpha value is -8.00. The maximum absolute atomic E-state index is 12.4. The number of non-ortho nitro benzene ring substituents is 1. The van der Waals surface area contributed by atoms with Crippen molar-refractivity contribution in [3.05, 3.63) is 178 Å². The van der Waals surface area contributed by atoms with Gasteiger partial charge in [-0.1, -0.05) is 36.4 Å². The molecule has 54 heavy (non-hydrogen) atoms. The van der Waals surface area contributed by atoms with Gasteiger partial charge in [0.05, 0.1) is 27.4 Å². The van der Waals surface area contributed by atoms with Crippen LogP contribution in [-0.4, -0.2) is 38.9 Å². The van der Waals surface area contributed by atoms with Crippen LogP contribution in [0.2, 0.25) is 0 Å². The molecule has 0 heterocycles. The highest BCUT2D eigenvalue weighted by Crippen LogP contribution is 2.29. The van der Waals surface area contributed by atoms with Gasteiger partial charge < -0.3 is 36.1 Å². The highest BCUT2D eigenvalue weighted by Gasteiger charge is 2.17. The highest BCUT2D eigenvalue weighted by atomic mass is 16.6. The van der Waals surface area contributed by atoms with Crippen molar-refractivity contribution in [2.24, 2.45) is 0 Å². The number of ether oxygens (including phenoxy) is 2. The second kappa shape index (κ2) is 17.3. The Morgan fingerprint density at radius 1 is 0.537 bits per heavy atom. The molecule has 6 rings (SSSR count). The predicted molar refractivity (Wildman–Crippen MR) is 200 cm³/mol. The minimum Gasteiger partial charge on any atom is -0.478 e. The Bertz CT molecular complexity index is 2300. The normalized spacial score (nSPS) is 10.1. The number of nitrogens with one attached hydrogen (secondary N) is 2. The van der Waals surface area contributed by atoms with Gasteiger partial charge in [-0.3, -0.25) is 19.7 Å². The number of rotatable bonds is 11. The van der Waals surface area contributed by atoms with Crippen LogP contribution in [0.4, 0.5) is 22.7 Å². The molecule has 0 fully saturated rings.